The van der Waals surface area contributed by atoms with Gasteiger partial charge in [0.15, 0.2) is 0 Å². The number of hydrogen-bond acceptors (Lipinski definition) is 3. The second kappa shape index (κ2) is 3.64. The van der Waals surface area contributed by atoms with Gasteiger partial charge in [0.2, 0.25) is 0 Å². The molecule has 0 aromatic heterocycles. The van der Waals surface area contributed by atoms with E-state index in [0.717, 1.165) is 16.2 Å². The van der Waals surface area contributed by atoms with Gasteiger partial charge >= 0.3 is 0 Å². The number of ether oxygens (including phenoxy) is 1. The Morgan fingerprint density at radius 1 is 1.55 bits per heavy atom. The maximum Gasteiger partial charge on any atom is 0.119 e. The molecule has 0 aliphatic carbocycles. The molecule has 1 rings (SSSR count). The van der Waals surface area contributed by atoms with Gasteiger partial charge in [-0.3, -0.25) is 0 Å². The van der Waals surface area contributed by atoms with Gasteiger partial charge in [0.1, 0.15) is 5.75 Å². The smallest absolute Gasteiger partial charge is 0.119 e. The van der Waals surface area contributed by atoms with Crippen LogP contribution in [0.15, 0.2) is 23.1 Å². The zero-order valence-corrected chi connectivity index (χ0v) is 7.27. The predicted molar refractivity (Wildman–Crippen MR) is 48.1 cm³/mol. The van der Waals surface area contributed by atoms with Crippen LogP contribution in [0.2, 0.25) is 0 Å². The van der Waals surface area contributed by atoms with E-state index in [4.69, 9.17) is 10.5 Å². The highest BCUT2D eigenvalue weighted by Crippen LogP contribution is 2.19. The minimum Gasteiger partial charge on any atom is -0.497 e. The average molecular weight is 169 g/mol. The fourth-order valence-electron chi connectivity index (χ4n) is 0.843. The maximum absolute atomic E-state index is 5.45. The van der Waals surface area contributed by atoms with E-state index < -0.39 is 0 Å². The van der Waals surface area contributed by atoms with Crippen LogP contribution in [0.3, 0.4) is 0 Å². The van der Waals surface area contributed by atoms with Gasteiger partial charge in [-0.05, 0) is 17.7 Å². The Hall–Kier alpha value is -0.670. The molecule has 0 radical (unpaired) electrons. The van der Waals surface area contributed by atoms with Crippen molar-refractivity contribution >= 4 is 12.6 Å². The Bertz CT molecular complexity index is 250. The largest absolute Gasteiger partial charge is 0.497 e. The van der Waals surface area contributed by atoms with Crippen LogP contribution in [-0.4, -0.2) is 7.11 Å². The van der Waals surface area contributed by atoms with Gasteiger partial charge in [-0.15, -0.1) is 12.6 Å². The highest BCUT2D eigenvalue weighted by molar-refractivity contribution is 7.80. The van der Waals surface area contributed by atoms with Crippen LogP contribution in [-0.2, 0) is 6.54 Å². The summed E-state index contributed by atoms with van der Waals surface area (Å²) in [5.41, 5.74) is 6.49. The second-order valence-corrected chi connectivity index (χ2v) is 2.68. The van der Waals surface area contributed by atoms with E-state index in [0.29, 0.717) is 6.54 Å². The third-order valence-corrected chi connectivity index (χ3v) is 1.93. The number of rotatable bonds is 2. The third-order valence-electron chi connectivity index (χ3n) is 1.51. The lowest BCUT2D eigenvalue weighted by molar-refractivity contribution is 0.413. The molecule has 0 saturated carbocycles. The summed E-state index contributed by atoms with van der Waals surface area (Å²) in [5, 5.41) is 0. The molecule has 11 heavy (non-hydrogen) atoms. The van der Waals surface area contributed by atoms with Crippen LogP contribution in [0, 0.1) is 0 Å². The first kappa shape index (κ1) is 8.43. The van der Waals surface area contributed by atoms with Gasteiger partial charge in [0, 0.05) is 11.4 Å². The van der Waals surface area contributed by atoms with E-state index in [2.05, 4.69) is 12.6 Å². The number of methoxy groups -OCH3 is 1. The molecule has 2 nitrogen and oxygen atoms in total. The molecule has 0 bridgehead atoms. The molecular weight excluding hydrogens is 158 g/mol. The summed E-state index contributed by atoms with van der Waals surface area (Å²) in [5.74, 6) is 0.812. The van der Waals surface area contributed by atoms with Crippen molar-refractivity contribution in [2.24, 2.45) is 5.73 Å². The number of benzene rings is 1. The van der Waals surface area contributed by atoms with Crippen molar-refractivity contribution in [1.29, 1.82) is 0 Å². The Kier molecular flexibility index (Phi) is 2.79. The standard InChI is InChI=1S/C8H11NOS/c1-10-7-3-2-6(5-9)8(11)4-7/h2-4,11H,5,9H2,1H3. The molecule has 0 atom stereocenters. The zero-order valence-electron chi connectivity index (χ0n) is 6.37. The molecule has 1 aromatic carbocycles. The Labute approximate surface area is 71.8 Å². The first-order valence-corrected chi connectivity index (χ1v) is 3.78. The van der Waals surface area contributed by atoms with E-state index in [9.17, 15) is 0 Å². The van der Waals surface area contributed by atoms with Crippen molar-refractivity contribution in [3.8, 4) is 5.75 Å². The SMILES string of the molecule is COc1ccc(CN)c(S)c1. The highest BCUT2D eigenvalue weighted by Gasteiger charge is 1.97. The van der Waals surface area contributed by atoms with E-state index in [1.807, 2.05) is 18.2 Å². The van der Waals surface area contributed by atoms with Gasteiger partial charge in [0.05, 0.1) is 7.11 Å². The Balaban J connectivity index is 2.99. The molecule has 0 saturated heterocycles. The van der Waals surface area contributed by atoms with Crippen LogP contribution in [0.25, 0.3) is 0 Å². The average Bonchev–Trinajstić information content (AvgIpc) is 2.04. The van der Waals surface area contributed by atoms with E-state index >= 15 is 0 Å². The van der Waals surface area contributed by atoms with E-state index in [1.54, 1.807) is 7.11 Å². The van der Waals surface area contributed by atoms with Crippen LogP contribution in [0.5, 0.6) is 5.75 Å². The topological polar surface area (TPSA) is 35.2 Å². The fraction of sp³-hybridized carbons (Fsp3) is 0.250. The van der Waals surface area contributed by atoms with Crippen LogP contribution < -0.4 is 10.5 Å². The molecule has 0 unspecified atom stereocenters. The summed E-state index contributed by atoms with van der Waals surface area (Å²) in [7, 11) is 1.63. The minimum atomic E-state index is 0.517. The highest BCUT2D eigenvalue weighted by atomic mass is 32.1. The van der Waals surface area contributed by atoms with Crippen molar-refractivity contribution in [1.82, 2.24) is 0 Å². The molecule has 0 aliphatic rings. The molecule has 0 amide bonds. The first-order valence-electron chi connectivity index (χ1n) is 3.34. The van der Waals surface area contributed by atoms with Crippen LogP contribution in [0.4, 0.5) is 0 Å². The second-order valence-electron chi connectivity index (χ2n) is 2.20. The number of thiol groups is 1. The lowest BCUT2D eigenvalue weighted by Crippen LogP contribution is -1.97. The Morgan fingerprint density at radius 2 is 2.27 bits per heavy atom. The van der Waals surface area contributed by atoms with E-state index in [1.165, 1.54) is 0 Å². The molecule has 1 aromatic rings. The van der Waals surface area contributed by atoms with Crippen LogP contribution >= 0.6 is 12.6 Å². The van der Waals surface area contributed by atoms with Crippen LogP contribution in [0.1, 0.15) is 5.56 Å². The quantitative estimate of drug-likeness (QED) is 0.657. The molecule has 3 heteroatoms. The van der Waals surface area contributed by atoms with Crippen molar-refractivity contribution in [3.05, 3.63) is 23.8 Å². The molecule has 0 fully saturated rings. The summed E-state index contributed by atoms with van der Waals surface area (Å²) in [4.78, 5) is 0.881. The van der Waals surface area contributed by atoms with E-state index in [-0.39, 0.29) is 0 Å². The monoisotopic (exact) mass is 169 g/mol. The van der Waals surface area contributed by atoms with Gasteiger partial charge < -0.3 is 10.5 Å². The summed E-state index contributed by atoms with van der Waals surface area (Å²) in [6, 6.07) is 5.65. The number of nitrogens with two attached hydrogens (primary N) is 1. The van der Waals surface area contributed by atoms with Gasteiger partial charge in [0.25, 0.3) is 0 Å². The van der Waals surface area contributed by atoms with Crippen molar-refractivity contribution in [2.75, 3.05) is 7.11 Å². The molecular formula is C8H11NOS. The normalized spacial score (nSPS) is 9.73. The maximum atomic E-state index is 5.45. The first-order chi connectivity index (χ1) is 5.27. The summed E-state index contributed by atoms with van der Waals surface area (Å²) in [6.07, 6.45) is 0. The van der Waals surface area contributed by atoms with Gasteiger partial charge in [-0.25, -0.2) is 0 Å². The molecule has 60 valence electrons. The summed E-state index contributed by atoms with van der Waals surface area (Å²) < 4.78 is 5.00. The summed E-state index contributed by atoms with van der Waals surface area (Å²) in [6.45, 7) is 0.517. The van der Waals surface area contributed by atoms with Gasteiger partial charge in [-0.2, -0.15) is 0 Å². The number of hydrogen-bond donors (Lipinski definition) is 2. The zero-order chi connectivity index (χ0) is 8.27. The summed E-state index contributed by atoms with van der Waals surface area (Å²) >= 11 is 4.24. The molecule has 0 aliphatic heterocycles. The predicted octanol–water partition coefficient (Wildman–Crippen LogP) is 1.44. The Morgan fingerprint density at radius 3 is 2.73 bits per heavy atom. The lowest BCUT2D eigenvalue weighted by atomic mass is 10.2. The lowest BCUT2D eigenvalue weighted by Gasteiger charge is -2.04. The van der Waals surface area contributed by atoms with Crippen molar-refractivity contribution in [2.45, 2.75) is 11.4 Å². The molecule has 0 heterocycles. The van der Waals surface area contributed by atoms with Crippen molar-refractivity contribution in [3.63, 3.8) is 0 Å². The van der Waals surface area contributed by atoms with Crippen molar-refractivity contribution < 1.29 is 4.74 Å². The van der Waals surface area contributed by atoms with Gasteiger partial charge in [-0.1, -0.05) is 6.07 Å². The molecule has 2 N–H and O–H groups in total. The third kappa shape index (κ3) is 1.88. The molecule has 0 spiro atoms. The fourth-order valence-corrected chi connectivity index (χ4v) is 1.14. The minimum absolute atomic E-state index is 0.517.